The van der Waals surface area contributed by atoms with Gasteiger partial charge in [0, 0.05) is 28.1 Å². The van der Waals surface area contributed by atoms with Crippen molar-refractivity contribution < 1.29 is 8.78 Å². The van der Waals surface area contributed by atoms with Gasteiger partial charge in [-0.05, 0) is 31.2 Å². The van der Waals surface area contributed by atoms with Gasteiger partial charge in [0.25, 0.3) is 0 Å². The standard InChI is InChI=1S/C12H11F2NS/c1-8-2-3-12(16-8)7-15-11-5-9(13)4-10(14)6-11/h2-6,15H,7H2,1H3. The summed E-state index contributed by atoms with van der Waals surface area (Å²) < 4.78 is 25.8. The van der Waals surface area contributed by atoms with E-state index in [9.17, 15) is 8.78 Å². The fraction of sp³-hybridized carbons (Fsp3) is 0.167. The number of hydrogen-bond donors (Lipinski definition) is 1. The third-order valence-electron chi connectivity index (χ3n) is 2.13. The highest BCUT2D eigenvalue weighted by Crippen LogP contribution is 2.18. The summed E-state index contributed by atoms with van der Waals surface area (Å²) in [7, 11) is 0. The molecule has 1 nitrogen and oxygen atoms in total. The van der Waals surface area contributed by atoms with Crippen LogP contribution in [0, 0.1) is 18.6 Å². The lowest BCUT2D eigenvalue weighted by Gasteiger charge is -2.04. The molecule has 0 fully saturated rings. The monoisotopic (exact) mass is 239 g/mol. The Hall–Kier alpha value is -1.42. The summed E-state index contributed by atoms with van der Waals surface area (Å²) in [6, 6.07) is 7.45. The van der Waals surface area contributed by atoms with Crippen molar-refractivity contribution >= 4 is 17.0 Å². The van der Waals surface area contributed by atoms with Crippen molar-refractivity contribution in [3.63, 3.8) is 0 Å². The highest BCUT2D eigenvalue weighted by Gasteiger charge is 2.01. The maximum absolute atomic E-state index is 12.9. The van der Waals surface area contributed by atoms with E-state index in [-0.39, 0.29) is 0 Å². The molecule has 1 aromatic carbocycles. The predicted octanol–water partition coefficient (Wildman–Crippen LogP) is 3.95. The maximum atomic E-state index is 12.9. The SMILES string of the molecule is Cc1ccc(CNc2cc(F)cc(F)c2)s1. The number of hydrogen-bond acceptors (Lipinski definition) is 2. The summed E-state index contributed by atoms with van der Waals surface area (Å²) in [6.45, 7) is 2.61. The van der Waals surface area contributed by atoms with Crippen LogP contribution in [0.1, 0.15) is 9.75 Å². The Kier molecular flexibility index (Phi) is 3.19. The Labute approximate surface area is 96.7 Å². The zero-order chi connectivity index (χ0) is 11.5. The van der Waals surface area contributed by atoms with Crippen LogP contribution in [0.5, 0.6) is 0 Å². The summed E-state index contributed by atoms with van der Waals surface area (Å²) in [5, 5.41) is 2.99. The summed E-state index contributed by atoms with van der Waals surface area (Å²) in [4.78, 5) is 2.37. The van der Waals surface area contributed by atoms with Gasteiger partial charge in [-0.15, -0.1) is 11.3 Å². The second kappa shape index (κ2) is 4.61. The lowest BCUT2D eigenvalue weighted by molar-refractivity contribution is 0.584. The van der Waals surface area contributed by atoms with E-state index in [1.807, 2.05) is 19.1 Å². The van der Waals surface area contributed by atoms with Crippen molar-refractivity contribution in [2.45, 2.75) is 13.5 Å². The van der Waals surface area contributed by atoms with Gasteiger partial charge in [-0.3, -0.25) is 0 Å². The average molecular weight is 239 g/mol. The Morgan fingerprint density at radius 1 is 1.12 bits per heavy atom. The topological polar surface area (TPSA) is 12.0 Å². The minimum absolute atomic E-state index is 0.462. The molecule has 0 unspecified atom stereocenters. The van der Waals surface area contributed by atoms with Gasteiger partial charge < -0.3 is 5.32 Å². The lowest BCUT2D eigenvalue weighted by atomic mass is 10.3. The molecule has 0 aliphatic heterocycles. The molecule has 2 aromatic rings. The fourth-order valence-corrected chi connectivity index (χ4v) is 2.26. The van der Waals surface area contributed by atoms with Crippen LogP contribution in [0.15, 0.2) is 30.3 Å². The molecule has 0 aliphatic carbocycles. The van der Waals surface area contributed by atoms with Gasteiger partial charge in [0.2, 0.25) is 0 Å². The summed E-state index contributed by atoms with van der Waals surface area (Å²) in [5.74, 6) is -1.13. The molecule has 4 heteroatoms. The van der Waals surface area contributed by atoms with E-state index in [1.54, 1.807) is 11.3 Å². The van der Waals surface area contributed by atoms with Crippen molar-refractivity contribution in [1.82, 2.24) is 0 Å². The molecular weight excluding hydrogens is 228 g/mol. The largest absolute Gasteiger partial charge is 0.380 e. The first-order valence-corrected chi connectivity index (χ1v) is 5.70. The normalized spacial score (nSPS) is 10.4. The first-order valence-electron chi connectivity index (χ1n) is 4.89. The van der Waals surface area contributed by atoms with Crippen LogP contribution in [0.3, 0.4) is 0 Å². The Bertz CT molecular complexity index is 473. The van der Waals surface area contributed by atoms with E-state index >= 15 is 0 Å². The van der Waals surface area contributed by atoms with Crippen LogP contribution < -0.4 is 5.32 Å². The van der Waals surface area contributed by atoms with Crippen LogP contribution in [-0.2, 0) is 6.54 Å². The first kappa shape index (κ1) is 11.1. The third kappa shape index (κ3) is 2.79. The molecule has 0 spiro atoms. The molecule has 0 radical (unpaired) electrons. The number of rotatable bonds is 3. The van der Waals surface area contributed by atoms with Crippen LogP contribution in [0.4, 0.5) is 14.5 Å². The number of halogens is 2. The molecule has 0 amide bonds. The van der Waals surface area contributed by atoms with E-state index in [0.717, 1.165) is 10.9 Å². The van der Waals surface area contributed by atoms with Gasteiger partial charge in [-0.1, -0.05) is 0 Å². The van der Waals surface area contributed by atoms with Crippen molar-refractivity contribution in [3.05, 3.63) is 51.7 Å². The van der Waals surface area contributed by atoms with E-state index in [0.29, 0.717) is 12.2 Å². The molecular formula is C12H11F2NS. The molecule has 0 saturated carbocycles. The van der Waals surface area contributed by atoms with Gasteiger partial charge in [0.1, 0.15) is 11.6 Å². The summed E-state index contributed by atoms with van der Waals surface area (Å²) in [5.41, 5.74) is 0.462. The average Bonchev–Trinajstić information content (AvgIpc) is 2.60. The molecule has 0 saturated heterocycles. The molecule has 1 aromatic heterocycles. The smallest absolute Gasteiger partial charge is 0.128 e. The number of nitrogens with one attached hydrogen (secondary N) is 1. The summed E-state index contributed by atoms with van der Waals surface area (Å²) in [6.07, 6.45) is 0. The van der Waals surface area contributed by atoms with Crippen molar-refractivity contribution in [3.8, 4) is 0 Å². The first-order chi connectivity index (χ1) is 7.63. The zero-order valence-corrected chi connectivity index (χ0v) is 9.57. The van der Waals surface area contributed by atoms with Crippen molar-refractivity contribution in [1.29, 1.82) is 0 Å². The highest BCUT2D eigenvalue weighted by atomic mass is 32.1. The minimum Gasteiger partial charge on any atom is -0.380 e. The van der Waals surface area contributed by atoms with Crippen LogP contribution >= 0.6 is 11.3 Å². The van der Waals surface area contributed by atoms with E-state index in [1.165, 1.54) is 17.0 Å². The molecule has 1 heterocycles. The number of anilines is 1. The quantitative estimate of drug-likeness (QED) is 0.855. The van der Waals surface area contributed by atoms with Crippen LogP contribution in [-0.4, -0.2) is 0 Å². The van der Waals surface area contributed by atoms with Crippen LogP contribution in [0.25, 0.3) is 0 Å². The predicted molar refractivity (Wildman–Crippen MR) is 62.7 cm³/mol. The molecule has 1 N–H and O–H groups in total. The second-order valence-electron chi connectivity index (χ2n) is 3.52. The number of benzene rings is 1. The van der Waals surface area contributed by atoms with Gasteiger partial charge in [0.05, 0.1) is 0 Å². The van der Waals surface area contributed by atoms with E-state index < -0.39 is 11.6 Å². The summed E-state index contributed by atoms with van der Waals surface area (Å²) >= 11 is 1.67. The molecule has 2 rings (SSSR count). The Morgan fingerprint density at radius 2 is 1.81 bits per heavy atom. The highest BCUT2D eigenvalue weighted by molar-refractivity contribution is 7.11. The van der Waals surface area contributed by atoms with Gasteiger partial charge in [-0.2, -0.15) is 0 Å². The zero-order valence-electron chi connectivity index (χ0n) is 8.76. The molecule has 0 aliphatic rings. The van der Waals surface area contributed by atoms with E-state index in [2.05, 4.69) is 5.32 Å². The van der Waals surface area contributed by atoms with E-state index in [4.69, 9.17) is 0 Å². The van der Waals surface area contributed by atoms with Crippen molar-refractivity contribution in [2.75, 3.05) is 5.32 Å². The second-order valence-corrected chi connectivity index (χ2v) is 4.90. The lowest BCUT2D eigenvalue weighted by Crippen LogP contribution is -1.98. The molecule has 16 heavy (non-hydrogen) atoms. The van der Waals surface area contributed by atoms with Crippen LogP contribution in [0.2, 0.25) is 0 Å². The number of thiophene rings is 1. The third-order valence-corrected chi connectivity index (χ3v) is 3.13. The fourth-order valence-electron chi connectivity index (χ4n) is 1.43. The van der Waals surface area contributed by atoms with Gasteiger partial charge in [-0.25, -0.2) is 8.78 Å². The minimum atomic E-state index is -0.565. The molecule has 0 atom stereocenters. The Morgan fingerprint density at radius 3 is 2.38 bits per heavy atom. The maximum Gasteiger partial charge on any atom is 0.128 e. The Balaban J connectivity index is 2.04. The molecule has 0 bridgehead atoms. The van der Waals surface area contributed by atoms with Gasteiger partial charge in [0.15, 0.2) is 0 Å². The van der Waals surface area contributed by atoms with Crippen molar-refractivity contribution in [2.24, 2.45) is 0 Å². The number of aryl methyl sites for hydroxylation is 1. The molecule has 84 valence electrons. The van der Waals surface area contributed by atoms with Gasteiger partial charge >= 0.3 is 0 Å².